The van der Waals surface area contributed by atoms with E-state index in [1.54, 1.807) is 47.6 Å². The van der Waals surface area contributed by atoms with Gasteiger partial charge in [0.05, 0.1) is 36.6 Å². The van der Waals surface area contributed by atoms with E-state index in [-0.39, 0.29) is 17.7 Å². The van der Waals surface area contributed by atoms with Crippen LogP contribution in [0.25, 0.3) is 0 Å². The first-order valence-corrected chi connectivity index (χ1v) is 12.4. The summed E-state index contributed by atoms with van der Waals surface area (Å²) in [5.74, 6) is 0.180. The molecule has 182 valence electrons. The number of nitrogens with zero attached hydrogens (tertiary/aromatic N) is 4. The van der Waals surface area contributed by atoms with Gasteiger partial charge in [0.25, 0.3) is 5.91 Å². The van der Waals surface area contributed by atoms with Crippen LogP contribution in [0.15, 0.2) is 51.9 Å². The number of pyridine rings is 2. The molecule has 10 heteroatoms. The molecule has 0 N–H and O–H groups in total. The molecule has 35 heavy (non-hydrogen) atoms. The Morgan fingerprint density at radius 1 is 1.03 bits per heavy atom. The van der Waals surface area contributed by atoms with Gasteiger partial charge >= 0.3 is 0 Å². The molecule has 2 aromatic heterocycles. The van der Waals surface area contributed by atoms with Crippen LogP contribution < -0.4 is 14.4 Å². The second-order valence-corrected chi connectivity index (χ2v) is 9.74. The van der Waals surface area contributed by atoms with Crippen molar-refractivity contribution in [3.05, 3.63) is 74.2 Å². The first-order chi connectivity index (χ1) is 16.8. The third kappa shape index (κ3) is 4.70. The van der Waals surface area contributed by atoms with Crippen molar-refractivity contribution in [2.45, 2.75) is 12.5 Å². The minimum atomic E-state index is -0.272. The second-order valence-electron chi connectivity index (χ2n) is 8.23. The maximum absolute atomic E-state index is 13.9. The first kappa shape index (κ1) is 25.3. The Morgan fingerprint density at radius 2 is 1.66 bits per heavy atom. The van der Waals surface area contributed by atoms with Gasteiger partial charge in [-0.05, 0) is 82.2 Å². The van der Waals surface area contributed by atoms with Crippen LogP contribution in [0, 0.1) is 0 Å². The molecule has 1 atom stereocenters. The summed E-state index contributed by atoms with van der Waals surface area (Å²) in [5, 5.41) is 0. The van der Waals surface area contributed by atoms with Crippen LogP contribution in [0.4, 0.5) is 5.69 Å². The summed E-state index contributed by atoms with van der Waals surface area (Å²) in [6.45, 7) is 0.430. The molecule has 0 spiro atoms. The predicted molar refractivity (Wildman–Crippen MR) is 140 cm³/mol. The highest BCUT2D eigenvalue weighted by molar-refractivity contribution is 9.10. The topological polar surface area (TPSA) is 84.9 Å². The van der Waals surface area contributed by atoms with E-state index >= 15 is 0 Å². The summed E-state index contributed by atoms with van der Waals surface area (Å²) in [7, 11) is 6.92. The second kappa shape index (κ2) is 10.4. The van der Waals surface area contributed by atoms with Gasteiger partial charge in [-0.15, -0.1) is 0 Å². The minimum Gasteiger partial charge on any atom is -0.493 e. The van der Waals surface area contributed by atoms with Gasteiger partial charge in [-0.2, -0.15) is 0 Å². The number of carbonyl (C=O) groups excluding carboxylic acids is 2. The number of fused-ring (bicyclic) bond motifs is 1. The van der Waals surface area contributed by atoms with Crippen molar-refractivity contribution in [3.63, 3.8) is 0 Å². The zero-order valence-electron chi connectivity index (χ0n) is 19.7. The number of hydrogen-bond acceptors (Lipinski definition) is 7. The largest absolute Gasteiger partial charge is 0.493 e. The highest BCUT2D eigenvalue weighted by atomic mass is 79.9. The molecular formula is C25H24Br2N4O4. The fourth-order valence-corrected chi connectivity index (χ4v) is 5.09. The molecule has 4 rings (SSSR count). The Balaban J connectivity index is 1.98. The minimum absolute atomic E-state index is 0.0381. The van der Waals surface area contributed by atoms with Gasteiger partial charge in [0.15, 0.2) is 17.3 Å². The lowest BCUT2D eigenvalue weighted by Gasteiger charge is -2.39. The lowest BCUT2D eigenvalue weighted by molar-refractivity contribution is 0.0970. The molecule has 1 aromatic carbocycles. The number of ketones is 1. The van der Waals surface area contributed by atoms with Crippen LogP contribution in [-0.2, 0) is 6.42 Å². The number of anilines is 1. The van der Waals surface area contributed by atoms with Gasteiger partial charge in [0.2, 0.25) is 0 Å². The van der Waals surface area contributed by atoms with Crippen molar-refractivity contribution in [1.29, 1.82) is 0 Å². The van der Waals surface area contributed by atoms with Crippen molar-refractivity contribution < 1.29 is 19.1 Å². The van der Waals surface area contributed by atoms with E-state index in [9.17, 15) is 9.59 Å². The molecule has 0 aliphatic carbocycles. The van der Waals surface area contributed by atoms with E-state index in [0.717, 1.165) is 0 Å². The van der Waals surface area contributed by atoms with Crippen LogP contribution in [0.3, 0.4) is 0 Å². The summed E-state index contributed by atoms with van der Waals surface area (Å²) >= 11 is 6.79. The number of likely N-dealkylation sites (N-methyl/N-ethyl adjacent to an activating group) is 1. The highest BCUT2D eigenvalue weighted by Crippen LogP contribution is 2.44. The van der Waals surface area contributed by atoms with Gasteiger partial charge in [-0.1, -0.05) is 0 Å². The van der Waals surface area contributed by atoms with Crippen molar-refractivity contribution in [2.75, 3.05) is 39.8 Å². The number of ether oxygens (including phenoxy) is 2. The Labute approximate surface area is 220 Å². The summed E-state index contributed by atoms with van der Waals surface area (Å²) in [5.41, 5.74) is 2.48. The molecule has 1 amide bonds. The number of hydrogen-bond donors (Lipinski definition) is 0. The molecule has 0 saturated heterocycles. The van der Waals surface area contributed by atoms with Crippen molar-refractivity contribution in [1.82, 2.24) is 14.9 Å². The number of benzene rings is 1. The van der Waals surface area contributed by atoms with E-state index < -0.39 is 0 Å². The van der Waals surface area contributed by atoms with E-state index in [2.05, 4.69) is 41.8 Å². The maximum Gasteiger partial charge on any atom is 0.261 e. The van der Waals surface area contributed by atoms with Gasteiger partial charge in [-0.25, -0.2) is 9.97 Å². The van der Waals surface area contributed by atoms with Crippen LogP contribution in [0.2, 0.25) is 0 Å². The first-order valence-electron chi connectivity index (χ1n) is 10.8. The Morgan fingerprint density at radius 3 is 2.20 bits per heavy atom. The third-order valence-electron chi connectivity index (χ3n) is 6.07. The zero-order valence-corrected chi connectivity index (χ0v) is 22.9. The number of carbonyl (C=O) groups is 2. The fourth-order valence-electron chi connectivity index (χ4n) is 4.24. The molecule has 3 aromatic rings. The summed E-state index contributed by atoms with van der Waals surface area (Å²) in [6.07, 6.45) is 3.76. The molecule has 8 nitrogen and oxygen atoms in total. The van der Waals surface area contributed by atoms with Crippen molar-refractivity contribution >= 4 is 49.2 Å². The molecule has 0 radical (unpaired) electrons. The van der Waals surface area contributed by atoms with Crippen LogP contribution >= 0.6 is 31.9 Å². The molecular weight excluding hydrogens is 580 g/mol. The number of rotatable bonds is 6. The summed E-state index contributed by atoms with van der Waals surface area (Å²) in [6, 6.07) is 8.57. The monoisotopic (exact) mass is 602 g/mol. The average molecular weight is 604 g/mol. The van der Waals surface area contributed by atoms with Gasteiger partial charge in [0, 0.05) is 31.0 Å². The third-order valence-corrected chi connectivity index (χ3v) is 7.34. The van der Waals surface area contributed by atoms with Gasteiger partial charge < -0.3 is 19.3 Å². The van der Waals surface area contributed by atoms with Gasteiger partial charge in [-0.3, -0.25) is 9.59 Å². The Bertz CT molecular complexity index is 1300. The van der Waals surface area contributed by atoms with E-state index in [0.29, 0.717) is 61.6 Å². The molecule has 1 aliphatic heterocycles. The molecule has 1 unspecified atom stereocenters. The SMILES string of the molecule is COc1cc2c(c(C(=O)c3cccnc3Br)c1OC)CC(N(C)C)CN2C(=O)c1cccnc1Br. The highest BCUT2D eigenvalue weighted by Gasteiger charge is 2.37. The fraction of sp³-hybridized carbons (Fsp3) is 0.280. The maximum atomic E-state index is 13.9. The average Bonchev–Trinajstić information content (AvgIpc) is 2.86. The lowest BCUT2D eigenvalue weighted by Crippen LogP contribution is -2.48. The van der Waals surface area contributed by atoms with Crippen LogP contribution in [0.5, 0.6) is 11.5 Å². The number of methoxy groups -OCH3 is 2. The zero-order chi connectivity index (χ0) is 25.3. The smallest absolute Gasteiger partial charge is 0.261 e. The normalized spacial score (nSPS) is 15.1. The van der Waals surface area contributed by atoms with Crippen LogP contribution in [0.1, 0.15) is 31.8 Å². The number of aromatic nitrogens is 2. The van der Waals surface area contributed by atoms with E-state index in [4.69, 9.17) is 9.47 Å². The predicted octanol–water partition coefficient (Wildman–Crippen LogP) is 4.38. The molecule has 0 saturated carbocycles. The molecule has 3 heterocycles. The summed E-state index contributed by atoms with van der Waals surface area (Å²) < 4.78 is 12.2. The Hall–Kier alpha value is -2.82. The Kier molecular flexibility index (Phi) is 7.53. The lowest BCUT2D eigenvalue weighted by atomic mass is 9.88. The number of amides is 1. The number of halogens is 2. The molecule has 1 aliphatic rings. The molecule has 0 fully saturated rings. The van der Waals surface area contributed by atoms with Gasteiger partial charge in [0.1, 0.15) is 9.21 Å². The van der Waals surface area contributed by atoms with E-state index in [1.807, 2.05) is 19.0 Å². The standard InChI is InChI=1S/C25H24Br2N4O4/c1-30(2)14-11-17-18(31(13-14)25(33)16-8-6-10-29-24(16)27)12-19(34-3)22(35-4)20(17)21(32)15-7-5-9-28-23(15)26/h5-10,12,14H,11,13H2,1-4H3. The quantitative estimate of drug-likeness (QED) is 0.305. The van der Waals surface area contributed by atoms with Crippen molar-refractivity contribution in [2.24, 2.45) is 0 Å². The van der Waals surface area contributed by atoms with Crippen LogP contribution in [-0.4, -0.2) is 67.5 Å². The van der Waals surface area contributed by atoms with E-state index in [1.165, 1.54) is 14.2 Å². The summed E-state index contributed by atoms with van der Waals surface area (Å²) in [4.78, 5) is 39.8. The molecule has 0 bridgehead atoms. The van der Waals surface area contributed by atoms with Crippen molar-refractivity contribution in [3.8, 4) is 11.5 Å².